The molecular weight excluding hydrogens is 519 g/mol. The molecule has 0 aliphatic carbocycles. The first-order valence-electron chi connectivity index (χ1n) is 10.9. The Morgan fingerprint density at radius 2 is 1.34 bits per heavy atom. The van der Waals surface area contributed by atoms with Crippen LogP contribution in [0.2, 0.25) is 13.1 Å². The zero-order chi connectivity index (χ0) is 26.8. The van der Waals surface area contributed by atoms with Gasteiger partial charge in [-0.3, -0.25) is 0 Å². The molecule has 0 aromatic heterocycles. The van der Waals surface area contributed by atoms with Crippen LogP contribution in [0.1, 0.15) is 17.5 Å². The summed E-state index contributed by atoms with van der Waals surface area (Å²) < 4.78 is 58.9. The second kappa shape index (κ2) is 10.9. The molecule has 0 amide bonds. The minimum Gasteiger partial charge on any atom is -0.741 e. The van der Waals surface area contributed by atoms with E-state index in [9.17, 15) is 13.2 Å². The average Bonchev–Trinajstić information content (AvgIpc) is 2.74. The van der Waals surface area contributed by atoms with Crippen LogP contribution in [0.3, 0.4) is 0 Å². The monoisotopic (exact) mass is 549 g/mol. The van der Waals surface area contributed by atoms with E-state index in [0.29, 0.717) is 5.88 Å². The summed E-state index contributed by atoms with van der Waals surface area (Å²) in [5.41, 5.74) is 0.859. The quantitative estimate of drug-likeness (QED) is 0.201. The number of rotatable bonds is 5. The number of nitrogens with one attached hydrogen (secondary N) is 1. The Bertz CT molecular complexity index is 1140. The zero-order valence-electron chi connectivity index (χ0n) is 20.6. The van der Waals surface area contributed by atoms with E-state index in [1.807, 2.05) is 0 Å². The summed E-state index contributed by atoms with van der Waals surface area (Å²) in [4.78, 5) is 8.08. The zero-order valence-corrected chi connectivity index (χ0v) is 23.2. The van der Waals surface area contributed by atoms with Gasteiger partial charge in [0.25, 0.3) is 0 Å². The van der Waals surface area contributed by atoms with Gasteiger partial charge in [-0.25, -0.2) is 13.4 Å². The van der Waals surface area contributed by atoms with E-state index in [-0.39, 0.29) is 0 Å². The lowest BCUT2D eigenvalue weighted by atomic mass is 10.00. The summed E-state index contributed by atoms with van der Waals surface area (Å²) in [5.74, 6) is 0.680. The van der Waals surface area contributed by atoms with Crippen LogP contribution in [-0.4, -0.2) is 72.9 Å². The van der Waals surface area contributed by atoms with Gasteiger partial charge >= 0.3 is 5.51 Å². The minimum atomic E-state index is -6.09. The van der Waals surface area contributed by atoms with Crippen molar-refractivity contribution in [3.63, 3.8) is 0 Å². The molecule has 0 atom stereocenters. The largest absolute Gasteiger partial charge is 0.741 e. The predicted molar refractivity (Wildman–Crippen MR) is 138 cm³/mol. The topological polar surface area (TPSA) is 77.7 Å². The Labute approximate surface area is 211 Å². The van der Waals surface area contributed by atoms with Gasteiger partial charge in [0.1, 0.15) is 14.6 Å². The Kier molecular flexibility index (Phi) is 9.07. The molecule has 2 aromatic carbocycles. The first-order valence-corrected chi connectivity index (χ1v) is 15.8. The van der Waals surface area contributed by atoms with E-state index >= 15 is 0 Å². The molecule has 2 aromatic rings. The normalized spacial score (nSPS) is 14.3. The number of alkyl halides is 4. The number of fused-ring (bicyclic) bond motifs is 2. The molecule has 0 spiro atoms. The van der Waals surface area contributed by atoms with Crippen molar-refractivity contribution in [1.29, 1.82) is 0 Å². The van der Waals surface area contributed by atoms with Crippen LogP contribution in [0.5, 0.6) is 0 Å². The fourth-order valence-corrected chi connectivity index (χ4v) is 7.06. The predicted octanol–water partition coefficient (Wildman–Crippen LogP) is 1.55. The van der Waals surface area contributed by atoms with Crippen LogP contribution in [0.15, 0.2) is 36.4 Å². The molecule has 3 rings (SSSR count). The molecular formula is C23H31ClF3N3O3SSi. The highest BCUT2D eigenvalue weighted by Crippen LogP contribution is 2.25. The summed E-state index contributed by atoms with van der Waals surface area (Å²) in [6, 6.07) is 13.8. The number of halogens is 4. The van der Waals surface area contributed by atoms with Crippen molar-refractivity contribution in [2.45, 2.75) is 25.0 Å². The van der Waals surface area contributed by atoms with Gasteiger partial charge < -0.3 is 14.4 Å². The van der Waals surface area contributed by atoms with Gasteiger partial charge in [-0.15, -0.1) is 11.6 Å². The maximum absolute atomic E-state index is 10.7. The number of hydrogen-bond donors (Lipinski definition) is 1. The van der Waals surface area contributed by atoms with Crippen molar-refractivity contribution in [3.8, 4) is 0 Å². The maximum Gasteiger partial charge on any atom is 0.485 e. The van der Waals surface area contributed by atoms with Gasteiger partial charge in [0.05, 0.1) is 0 Å². The van der Waals surface area contributed by atoms with Crippen LogP contribution >= 0.6 is 11.6 Å². The second-order valence-electron chi connectivity index (χ2n) is 9.12. The van der Waals surface area contributed by atoms with Gasteiger partial charge in [0, 0.05) is 63.0 Å². The lowest BCUT2D eigenvalue weighted by Gasteiger charge is -2.34. The van der Waals surface area contributed by atoms with Crippen LogP contribution < -0.4 is 25.2 Å². The molecule has 1 N–H and O–H groups in total. The smallest absolute Gasteiger partial charge is 0.485 e. The molecule has 1 aliphatic heterocycles. The first-order chi connectivity index (χ1) is 16.0. The number of nitrogens with zero attached hydrogens (tertiary/aromatic N) is 2. The summed E-state index contributed by atoms with van der Waals surface area (Å²) in [6.07, 6.45) is 0.960. The highest BCUT2D eigenvalue weighted by molar-refractivity contribution is 7.86. The molecule has 0 saturated heterocycles. The third-order valence-electron chi connectivity index (χ3n) is 5.82. The van der Waals surface area contributed by atoms with Crippen LogP contribution in [0, 0.1) is 0 Å². The number of hydrogen-bond acceptors (Lipinski definition) is 5. The number of benzene rings is 2. The van der Waals surface area contributed by atoms with E-state index in [1.54, 1.807) is 0 Å². The molecule has 194 valence electrons. The molecule has 0 radical (unpaired) electrons. The fourth-order valence-electron chi connectivity index (χ4n) is 3.85. The second-order valence-corrected chi connectivity index (χ2v) is 15.2. The van der Waals surface area contributed by atoms with E-state index in [2.05, 4.69) is 92.5 Å². The van der Waals surface area contributed by atoms with Crippen molar-refractivity contribution in [3.05, 3.63) is 47.5 Å². The van der Waals surface area contributed by atoms with Crippen LogP contribution in [0.25, 0.3) is 0 Å². The lowest BCUT2D eigenvalue weighted by molar-refractivity contribution is -0.455. The molecule has 0 saturated carbocycles. The van der Waals surface area contributed by atoms with Crippen LogP contribution in [0.4, 0.5) is 24.5 Å². The standard InChI is InChI=1S/C22H30ClN3Si.CHF3O3S/c1-25(2)16-8-10-18-20(14-16)27(5,6)21-15-17(26(3)4)9-11-19(21)22(18)24-13-7-12-23;2-1(3,4)8(5,6)7/h8-11,14-15H,7,12-13H2,1-6H3;(H,5,6,7). The maximum atomic E-state index is 10.7. The van der Waals surface area contributed by atoms with Gasteiger partial charge in [0.15, 0.2) is 10.1 Å². The lowest BCUT2D eigenvalue weighted by Crippen LogP contribution is -2.77. The van der Waals surface area contributed by atoms with Crippen molar-refractivity contribution < 1.29 is 31.1 Å². The van der Waals surface area contributed by atoms with E-state index < -0.39 is 23.7 Å². The molecule has 1 aliphatic rings. The summed E-state index contributed by atoms with van der Waals surface area (Å²) in [6.45, 7) is 5.84. The molecule has 35 heavy (non-hydrogen) atoms. The van der Waals surface area contributed by atoms with Crippen molar-refractivity contribution in [2.75, 3.05) is 50.4 Å². The van der Waals surface area contributed by atoms with E-state index in [1.165, 1.54) is 38.6 Å². The summed E-state index contributed by atoms with van der Waals surface area (Å²) >= 11 is 5.92. The molecule has 12 heteroatoms. The first kappa shape index (κ1) is 29.1. The SMILES string of the molecule is CN(C)c1ccc2c(c1)[Si](C)(C)c1cc(N(C)C)ccc1C2=[NH+]CCCCl.O=S(=O)([O-])C(F)(F)F. The van der Waals surface area contributed by atoms with E-state index in [0.717, 1.165) is 13.0 Å². The Hall–Kier alpha value is -2.08. The Morgan fingerprint density at radius 3 is 1.66 bits per heavy atom. The van der Waals surface area contributed by atoms with Gasteiger partial charge in [-0.05, 0) is 46.8 Å². The van der Waals surface area contributed by atoms with E-state index in [4.69, 9.17) is 24.6 Å². The van der Waals surface area contributed by atoms with Gasteiger partial charge in [-0.2, -0.15) is 13.2 Å². The molecule has 0 unspecified atom stereocenters. The van der Waals surface area contributed by atoms with Gasteiger partial charge in [0.2, 0.25) is 5.71 Å². The molecule has 0 fully saturated rings. The molecule has 6 nitrogen and oxygen atoms in total. The van der Waals surface area contributed by atoms with Crippen molar-refractivity contribution >= 4 is 57.3 Å². The van der Waals surface area contributed by atoms with Crippen molar-refractivity contribution in [2.24, 2.45) is 0 Å². The molecule has 1 heterocycles. The highest BCUT2D eigenvalue weighted by Gasteiger charge is 2.40. The fraction of sp³-hybridized carbons (Fsp3) is 0.435. The van der Waals surface area contributed by atoms with Crippen molar-refractivity contribution in [1.82, 2.24) is 0 Å². The third-order valence-corrected chi connectivity index (χ3v) is 10.2. The third kappa shape index (κ3) is 6.57. The highest BCUT2D eigenvalue weighted by atomic mass is 35.5. The van der Waals surface area contributed by atoms with Gasteiger partial charge in [-0.1, -0.05) is 13.1 Å². The molecule has 0 bridgehead atoms. The summed E-state index contributed by atoms with van der Waals surface area (Å²) in [7, 11) is 0.540. The Morgan fingerprint density at radius 1 is 0.943 bits per heavy atom. The van der Waals surface area contributed by atoms with Crippen LogP contribution in [-0.2, 0) is 10.1 Å². The average molecular weight is 550 g/mol. The summed E-state index contributed by atoms with van der Waals surface area (Å²) in [5, 5.41) is 3.01. The minimum absolute atomic E-state index is 0.680. The Balaban J connectivity index is 0.000000466. The number of anilines is 2.